The van der Waals surface area contributed by atoms with Crippen LogP contribution in [0.4, 0.5) is 0 Å². The second-order valence-corrected chi connectivity index (χ2v) is 9.80. The van der Waals surface area contributed by atoms with Crippen LogP contribution in [-0.4, -0.2) is 0 Å². The van der Waals surface area contributed by atoms with Crippen molar-refractivity contribution >= 4 is 0 Å². The number of hydrogen-bond donors (Lipinski definition) is 0. The van der Waals surface area contributed by atoms with Gasteiger partial charge in [0.15, 0.2) is 0 Å². The molecule has 0 spiro atoms. The Hall–Kier alpha value is -0.260. The van der Waals surface area contributed by atoms with Crippen LogP contribution in [0.3, 0.4) is 0 Å². The smallest absolute Gasteiger partial charge is 0.0351 e. The van der Waals surface area contributed by atoms with E-state index < -0.39 is 0 Å². The molecule has 178 valence electrons. The fourth-order valence-electron chi connectivity index (χ4n) is 4.36. The summed E-state index contributed by atoms with van der Waals surface area (Å²) in [7, 11) is 0. The van der Waals surface area contributed by atoms with Gasteiger partial charge >= 0.3 is 0 Å². The highest BCUT2D eigenvalue weighted by atomic mass is 14.1. The fourth-order valence-corrected chi connectivity index (χ4v) is 4.36. The lowest BCUT2D eigenvalue weighted by Crippen LogP contribution is -1.94. The summed E-state index contributed by atoms with van der Waals surface area (Å²) < 4.78 is 0. The van der Waals surface area contributed by atoms with E-state index in [1.54, 1.807) is 0 Å². The van der Waals surface area contributed by atoms with Crippen LogP contribution in [0.2, 0.25) is 0 Å². The van der Waals surface area contributed by atoms with Crippen molar-refractivity contribution in [3.8, 4) is 0 Å². The van der Waals surface area contributed by atoms with Crippen LogP contribution in [-0.2, 0) is 0 Å². The number of unbranched alkanes of at least 4 members (excludes halogenated alkanes) is 19. The van der Waals surface area contributed by atoms with Crippen molar-refractivity contribution in [2.75, 3.05) is 0 Å². The molecule has 0 nitrogen and oxygen atoms in total. The number of hydrogen-bond acceptors (Lipinski definition) is 0. The van der Waals surface area contributed by atoms with Crippen LogP contribution >= 0.6 is 0 Å². The first-order chi connectivity index (χ1) is 14.8. The minimum absolute atomic E-state index is 0.923. The van der Waals surface area contributed by atoms with Crippen LogP contribution < -0.4 is 0 Å². The first kappa shape index (κ1) is 29.7. The van der Waals surface area contributed by atoms with Gasteiger partial charge in [0.1, 0.15) is 0 Å². The van der Waals surface area contributed by atoms with Crippen LogP contribution in [0.25, 0.3) is 0 Å². The molecule has 30 heavy (non-hydrogen) atoms. The van der Waals surface area contributed by atoms with Gasteiger partial charge in [0, 0.05) is 0 Å². The maximum absolute atomic E-state index is 3.95. The zero-order valence-electron chi connectivity index (χ0n) is 21.1. The molecule has 0 bridgehead atoms. The predicted octanol–water partition coefficient (Wildman–Crippen LogP) is 11.2. The van der Waals surface area contributed by atoms with Gasteiger partial charge in [-0.3, -0.25) is 0 Å². The molecule has 0 aliphatic rings. The van der Waals surface area contributed by atoms with Gasteiger partial charge in [0.05, 0.1) is 0 Å². The van der Waals surface area contributed by atoms with Gasteiger partial charge < -0.3 is 0 Å². The molecule has 1 atom stereocenters. The Bertz CT molecular complexity index is 316. The van der Waals surface area contributed by atoms with Gasteiger partial charge in [0.25, 0.3) is 0 Å². The Morgan fingerprint density at radius 2 is 0.767 bits per heavy atom. The largest absolute Gasteiger partial charge is 0.0885 e. The highest BCUT2D eigenvalue weighted by Gasteiger charge is 2.01. The topological polar surface area (TPSA) is 0 Å². The van der Waals surface area contributed by atoms with Crippen molar-refractivity contribution in [1.29, 1.82) is 0 Å². The average molecular weight is 419 g/mol. The third kappa shape index (κ3) is 25.8. The number of rotatable bonds is 25. The van der Waals surface area contributed by atoms with E-state index in [0.717, 1.165) is 18.8 Å². The molecule has 0 heterocycles. The van der Waals surface area contributed by atoms with Gasteiger partial charge in [0.2, 0.25) is 0 Å². The van der Waals surface area contributed by atoms with E-state index in [9.17, 15) is 0 Å². The van der Waals surface area contributed by atoms with E-state index in [0.29, 0.717) is 0 Å². The van der Waals surface area contributed by atoms with Crippen LogP contribution in [0.5, 0.6) is 0 Å². The standard InChI is InChI=1S/C30H58/c1-4-6-8-9-10-11-12-13-14-15-16-17-18-19-20-21-22-23-24-25-26-27-29-30(3)28-7-5-2/h12-13,30H,1-2,4-11,14-29H2,3H3/b13-12+. The Morgan fingerprint density at radius 3 is 1.20 bits per heavy atom. The van der Waals surface area contributed by atoms with Crippen LogP contribution in [0.15, 0.2) is 12.2 Å². The first-order valence-corrected chi connectivity index (χ1v) is 14.0. The van der Waals surface area contributed by atoms with Crippen LogP contribution in [0, 0.1) is 19.8 Å². The zero-order valence-corrected chi connectivity index (χ0v) is 21.1. The zero-order chi connectivity index (χ0) is 22.0. The quantitative estimate of drug-likeness (QED) is 0.102. The fraction of sp³-hybridized carbons (Fsp3) is 0.867. The monoisotopic (exact) mass is 418 g/mol. The summed E-state index contributed by atoms with van der Waals surface area (Å²) in [5, 5.41) is 0. The van der Waals surface area contributed by atoms with E-state index in [-0.39, 0.29) is 0 Å². The van der Waals surface area contributed by atoms with Gasteiger partial charge in [-0.1, -0.05) is 161 Å². The lowest BCUT2D eigenvalue weighted by atomic mass is 9.97. The van der Waals surface area contributed by atoms with Crippen molar-refractivity contribution in [1.82, 2.24) is 0 Å². The molecule has 0 heteroatoms. The van der Waals surface area contributed by atoms with E-state index in [4.69, 9.17) is 0 Å². The Morgan fingerprint density at radius 1 is 0.433 bits per heavy atom. The second kappa shape index (κ2) is 26.8. The average Bonchev–Trinajstić information content (AvgIpc) is 2.75. The van der Waals surface area contributed by atoms with E-state index in [1.807, 2.05) is 0 Å². The molecule has 0 aromatic rings. The summed E-state index contributed by atoms with van der Waals surface area (Å²) in [5.41, 5.74) is 0. The summed E-state index contributed by atoms with van der Waals surface area (Å²) in [6.45, 7) is 10.3. The minimum Gasteiger partial charge on any atom is -0.0885 e. The van der Waals surface area contributed by atoms with E-state index in [2.05, 4.69) is 32.9 Å². The molecule has 0 rings (SSSR count). The molecule has 0 N–H and O–H groups in total. The van der Waals surface area contributed by atoms with Crippen LogP contribution in [0.1, 0.15) is 161 Å². The van der Waals surface area contributed by atoms with E-state index >= 15 is 0 Å². The Balaban J connectivity index is 3.09. The Labute approximate surface area is 193 Å². The van der Waals surface area contributed by atoms with Crippen molar-refractivity contribution in [3.05, 3.63) is 26.0 Å². The molecule has 0 saturated heterocycles. The van der Waals surface area contributed by atoms with E-state index in [1.165, 1.54) is 141 Å². The van der Waals surface area contributed by atoms with Crippen molar-refractivity contribution in [2.24, 2.45) is 5.92 Å². The second-order valence-electron chi connectivity index (χ2n) is 9.80. The molecular formula is C30H58. The highest BCUT2D eigenvalue weighted by Crippen LogP contribution is 2.17. The maximum atomic E-state index is 3.95. The molecule has 0 aliphatic heterocycles. The lowest BCUT2D eigenvalue weighted by Gasteiger charge is -2.10. The predicted molar refractivity (Wildman–Crippen MR) is 140 cm³/mol. The van der Waals surface area contributed by atoms with Crippen molar-refractivity contribution in [3.63, 3.8) is 0 Å². The maximum Gasteiger partial charge on any atom is -0.0351 e. The lowest BCUT2D eigenvalue weighted by molar-refractivity contribution is 0.443. The molecule has 0 aliphatic carbocycles. The molecule has 0 fully saturated rings. The van der Waals surface area contributed by atoms with Gasteiger partial charge in [-0.15, -0.1) is 0 Å². The summed E-state index contributed by atoms with van der Waals surface area (Å²) in [5.74, 6) is 0.923. The normalized spacial score (nSPS) is 12.8. The SMILES string of the molecule is [CH2]CCCCCC/C=C/CCCCCCCCCCCCCCCC(C)CCC[CH2]. The van der Waals surface area contributed by atoms with Crippen molar-refractivity contribution in [2.45, 2.75) is 161 Å². The molecule has 1 unspecified atom stereocenters. The van der Waals surface area contributed by atoms with Crippen molar-refractivity contribution < 1.29 is 0 Å². The third-order valence-electron chi connectivity index (χ3n) is 6.55. The summed E-state index contributed by atoms with van der Waals surface area (Å²) in [6.07, 6.45) is 38.1. The Kier molecular flexibility index (Phi) is 26.5. The van der Waals surface area contributed by atoms with Gasteiger partial charge in [-0.2, -0.15) is 0 Å². The molecule has 0 aromatic carbocycles. The van der Waals surface area contributed by atoms with Gasteiger partial charge in [-0.25, -0.2) is 0 Å². The first-order valence-electron chi connectivity index (χ1n) is 14.0. The summed E-state index contributed by atoms with van der Waals surface area (Å²) >= 11 is 0. The highest BCUT2D eigenvalue weighted by molar-refractivity contribution is 4.81. The molecule has 2 radical (unpaired) electrons. The molecule has 0 aromatic heterocycles. The molecule has 0 amide bonds. The minimum atomic E-state index is 0.923. The van der Waals surface area contributed by atoms with Gasteiger partial charge in [-0.05, 0) is 31.6 Å². The summed E-state index contributed by atoms with van der Waals surface area (Å²) in [4.78, 5) is 0. The third-order valence-corrected chi connectivity index (χ3v) is 6.55. The summed E-state index contributed by atoms with van der Waals surface area (Å²) in [6, 6.07) is 0. The molecular weight excluding hydrogens is 360 g/mol. The molecule has 0 saturated carbocycles. The number of allylic oxidation sites excluding steroid dienone is 2.